The zero-order chi connectivity index (χ0) is 9.52. The zero-order valence-corrected chi connectivity index (χ0v) is 8.53. The summed E-state index contributed by atoms with van der Waals surface area (Å²) in [5, 5.41) is 5.51. The molecule has 1 rings (SSSR count). The first-order valence-electron chi connectivity index (χ1n) is 4.62. The van der Waals surface area contributed by atoms with Crippen molar-refractivity contribution in [3.05, 3.63) is 0 Å². The molecular weight excluding hydrogens is 186 g/mol. The van der Waals surface area contributed by atoms with Gasteiger partial charge in [-0.2, -0.15) is 11.8 Å². The van der Waals surface area contributed by atoms with Crippen molar-refractivity contribution in [3.8, 4) is 0 Å². The fourth-order valence-electron chi connectivity index (χ4n) is 1.23. The average molecular weight is 203 g/mol. The van der Waals surface area contributed by atoms with Crippen molar-refractivity contribution in [2.75, 3.05) is 31.1 Å². The van der Waals surface area contributed by atoms with Gasteiger partial charge in [0.15, 0.2) is 0 Å². The predicted octanol–water partition coefficient (Wildman–Crippen LogP) is -0.00260. The second-order valence-corrected chi connectivity index (χ2v) is 4.30. The standard InChI is InChI=1S/C8H17N3OS/c9-2-3-10-8(12)11-5-7-1-4-13-6-7/h7H,1-6,9H2,(H2,10,11,12). The number of urea groups is 1. The highest BCUT2D eigenvalue weighted by molar-refractivity contribution is 7.99. The summed E-state index contributed by atoms with van der Waals surface area (Å²) in [7, 11) is 0. The smallest absolute Gasteiger partial charge is 0.314 e. The lowest BCUT2D eigenvalue weighted by Crippen LogP contribution is -2.40. The molecule has 1 fully saturated rings. The molecule has 0 radical (unpaired) electrons. The minimum Gasteiger partial charge on any atom is -0.338 e. The molecule has 0 aromatic rings. The lowest BCUT2D eigenvalue weighted by atomic mass is 10.1. The summed E-state index contributed by atoms with van der Waals surface area (Å²) in [6.07, 6.45) is 1.22. The first kappa shape index (κ1) is 10.7. The van der Waals surface area contributed by atoms with Crippen LogP contribution in [-0.2, 0) is 0 Å². The van der Waals surface area contributed by atoms with E-state index >= 15 is 0 Å². The van der Waals surface area contributed by atoms with Crippen LogP contribution in [0.1, 0.15) is 6.42 Å². The van der Waals surface area contributed by atoms with E-state index in [0.717, 1.165) is 6.54 Å². The Balaban J connectivity index is 2.00. The van der Waals surface area contributed by atoms with Gasteiger partial charge >= 0.3 is 6.03 Å². The van der Waals surface area contributed by atoms with Crippen molar-refractivity contribution in [1.29, 1.82) is 0 Å². The minimum absolute atomic E-state index is 0.0950. The van der Waals surface area contributed by atoms with Gasteiger partial charge < -0.3 is 16.4 Å². The maximum atomic E-state index is 11.1. The second-order valence-electron chi connectivity index (χ2n) is 3.16. The van der Waals surface area contributed by atoms with E-state index in [0.29, 0.717) is 19.0 Å². The quantitative estimate of drug-likeness (QED) is 0.602. The van der Waals surface area contributed by atoms with E-state index in [1.807, 2.05) is 11.8 Å². The molecule has 4 nitrogen and oxygen atoms in total. The van der Waals surface area contributed by atoms with Crippen LogP contribution >= 0.6 is 11.8 Å². The van der Waals surface area contributed by atoms with Gasteiger partial charge in [0.25, 0.3) is 0 Å². The number of hydrogen-bond acceptors (Lipinski definition) is 3. The van der Waals surface area contributed by atoms with Gasteiger partial charge in [-0.1, -0.05) is 0 Å². The third-order valence-electron chi connectivity index (χ3n) is 2.01. The summed E-state index contributed by atoms with van der Waals surface area (Å²) >= 11 is 1.96. The molecule has 5 heteroatoms. The number of rotatable bonds is 4. The lowest BCUT2D eigenvalue weighted by Gasteiger charge is -2.10. The molecule has 76 valence electrons. The number of carbonyl (C=O) groups excluding carboxylic acids is 1. The first-order chi connectivity index (χ1) is 6.33. The Hall–Kier alpha value is -0.420. The van der Waals surface area contributed by atoms with E-state index in [4.69, 9.17) is 5.73 Å². The molecule has 4 N–H and O–H groups in total. The largest absolute Gasteiger partial charge is 0.338 e. The Bertz CT molecular complexity index is 159. The number of nitrogens with one attached hydrogen (secondary N) is 2. The number of amides is 2. The number of carbonyl (C=O) groups is 1. The topological polar surface area (TPSA) is 67.1 Å². The van der Waals surface area contributed by atoms with Crippen molar-refractivity contribution >= 4 is 17.8 Å². The maximum absolute atomic E-state index is 11.1. The molecular formula is C8H17N3OS. The maximum Gasteiger partial charge on any atom is 0.314 e. The van der Waals surface area contributed by atoms with Gasteiger partial charge in [0.1, 0.15) is 0 Å². The van der Waals surface area contributed by atoms with Crippen molar-refractivity contribution in [1.82, 2.24) is 10.6 Å². The Morgan fingerprint density at radius 1 is 1.54 bits per heavy atom. The molecule has 1 aliphatic rings. The molecule has 0 spiro atoms. The van der Waals surface area contributed by atoms with Gasteiger partial charge in [-0.25, -0.2) is 4.79 Å². The van der Waals surface area contributed by atoms with Crippen LogP contribution in [0, 0.1) is 5.92 Å². The van der Waals surface area contributed by atoms with Gasteiger partial charge in [-0.05, 0) is 23.8 Å². The highest BCUT2D eigenvalue weighted by Crippen LogP contribution is 2.22. The first-order valence-corrected chi connectivity index (χ1v) is 5.78. The highest BCUT2D eigenvalue weighted by Gasteiger charge is 2.15. The molecule has 2 amide bonds. The van der Waals surface area contributed by atoms with E-state index in [1.54, 1.807) is 0 Å². The molecule has 0 aromatic heterocycles. The molecule has 0 saturated carbocycles. The average Bonchev–Trinajstić information content (AvgIpc) is 2.64. The summed E-state index contributed by atoms with van der Waals surface area (Å²) in [5.74, 6) is 3.07. The molecule has 1 unspecified atom stereocenters. The number of hydrogen-bond donors (Lipinski definition) is 3. The van der Waals surface area contributed by atoms with Crippen LogP contribution in [0.25, 0.3) is 0 Å². The van der Waals surface area contributed by atoms with E-state index in [9.17, 15) is 4.79 Å². The predicted molar refractivity (Wildman–Crippen MR) is 55.9 cm³/mol. The molecule has 1 heterocycles. The van der Waals surface area contributed by atoms with Crippen LogP contribution in [-0.4, -0.2) is 37.2 Å². The molecule has 1 saturated heterocycles. The summed E-state index contributed by atoms with van der Waals surface area (Å²) in [4.78, 5) is 11.1. The third-order valence-corrected chi connectivity index (χ3v) is 3.24. The zero-order valence-electron chi connectivity index (χ0n) is 7.71. The summed E-state index contributed by atoms with van der Waals surface area (Å²) in [6, 6.07) is -0.0950. The van der Waals surface area contributed by atoms with Crippen molar-refractivity contribution in [2.24, 2.45) is 11.7 Å². The summed E-state index contributed by atoms with van der Waals surface area (Å²) < 4.78 is 0. The molecule has 1 atom stereocenters. The fourth-order valence-corrected chi connectivity index (χ4v) is 2.51. The Morgan fingerprint density at radius 2 is 2.38 bits per heavy atom. The van der Waals surface area contributed by atoms with Gasteiger partial charge in [0.05, 0.1) is 0 Å². The van der Waals surface area contributed by atoms with Crippen molar-refractivity contribution in [3.63, 3.8) is 0 Å². The molecule has 1 aliphatic heterocycles. The number of nitrogens with two attached hydrogens (primary N) is 1. The molecule has 0 aliphatic carbocycles. The van der Waals surface area contributed by atoms with E-state index in [-0.39, 0.29) is 6.03 Å². The van der Waals surface area contributed by atoms with E-state index in [2.05, 4.69) is 10.6 Å². The summed E-state index contributed by atoms with van der Waals surface area (Å²) in [6.45, 7) is 1.83. The SMILES string of the molecule is NCCNC(=O)NCC1CCSC1. The van der Waals surface area contributed by atoms with Gasteiger partial charge in [-0.3, -0.25) is 0 Å². The van der Waals surface area contributed by atoms with E-state index < -0.39 is 0 Å². The molecule has 0 aromatic carbocycles. The Labute approximate surface area is 83.0 Å². The minimum atomic E-state index is -0.0950. The van der Waals surface area contributed by atoms with Crippen LogP contribution in [0.4, 0.5) is 4.79 Å². The van der Waals surface area contributed by atoms with Crippen LogP contribution in [0.3, 0.4) is 0 Å². The Kier molecular flexibility index (Phi) is 5.00. The van der Waals surface area contributed by atoms with Crippen LogP contribution in [0.5, 0.6) is 0 Å². The normalized spacial score (nSPS) is 21.5. The third kappa shape index (κ3) is 4.38. The van der Waals surface area contributed by atoms with Crippen molar-refractivity contribution in [2.45, 2.75) is 6.42 Å². The van der Waals surface area contributed by atoms with Gasteiger partial charge in [0.2, 0.25) is 0 Å². The molecule has 13 heavy (non-hydrogen) atoms. The Morgan fingerprint density at radius 3 is 3.00 bits per heavy atom. The monoisotopic (exact) mass is 203 g/mol. The highest BCUT2D eigenvalue weighted by atomic mass is 32.2. The molecule has 0 bridgehead atoms. The van der Waals surface area contributed by atoms with Crippen LogP contribution in [0.2, 0.25) is 0 Å². The lowest BCUT2D eigenvalue weighted by molar-refractivity contribution is 0.239. The van der Waals surface area contributed by atoms with Crippen LogP contribution < -0.4 is 16.4 Å². The van der Waals surface area contributed by atoms with Crippen LogP contribution in [0.15, 0.2) is 0 Å². The summed E-state index contributed by atoms with van der Waals surface area (Å²) in [5.41, 5.74) is 5.25. The van der Waals surface area contributed by atoms with E-state index in [1.165, 1.54) is 17.9 Å². The fraction of sp³-hybridized carbons (Fsp3) is 0.875. The van der Waals surface area contributed by atoms with Gasteiger partial charge in [0, 0.05) is 19.6 Å². The van der Waals surface area contributed by atoms with Gasteiger partial charge in [-0.15, -0.1) is 0 Å². The second kappa shape index (κ2) is 6.10. The number of thioether (sulfide) groups is 1. The van der Waals surface area contributed by atoms with Crippen molar-refractivity contribution < 1.29 is 4.79 Å².